The van der Waals surface area contributed by atoms with Crippen molar-refractivity contribution in [3.8, 4) is 5.75 Å². The molecule has 1 aliphatic rings. The van der Waals surface area contributed by atoms with Crippen LogP contribution in [0.4, 0.5) is 4.39 Å². The third-order valence-corrected chi connectivity index (χ3v) is 3.72. The van der Waals surface area contributed by atoms with Crippen molar-refractivity contribution in [1.82, 2.24) is 0 Å². The van der Waals surface area contributed by atoms with Crippen LogP contribution in [0.2, 0.25) is 0 Å². The van der Waals surface area contributed by atoms with E-state index in [1.807, 2.05) is 0 Å². The molecule has 1 aromatic carbocycles. The molecule has 0 heterocycles. The Hall–Kier alpha value is -1.10. The van der Waals surface area contributed by atoms with Gasteiger partial charge in [-0.1, -0.05) is 0 Å². The molecule has 1 N–H and O–H groups in total. The molecule has 2 rings (SSSR count). The highest BCUT2D eigenvalue weighted by Crippen LogP contribution is 2.55. The molecule has 17 heavy (non-hydrogen) atoms. The van der Waals surface area contributed by atoms with Gasteiger partial charge in [-0.2, -0.15) is 0 Å². The molecule has 0 aromatic heterocycles. The lowest BCUT2D eigenvalue weighted by Gasteiger charge is -2.18. The van der Waals surface area contributed by atoms with Gasteiger partial charge in [-0.3, -0.25) is 4.79 Å². The molecule has 1 saturated carbocycles. The quantitative estimate of drug-likeness (QED) is 0.929. The largest absolute Gasteiger partial charge is 0.495 e. The molecule has 0 unspecified atom stereocenters. The van der Waals surface area contributed by atoms with Gasteiger partial charge in [0.1, 0.15) is 11.6 Å². The number of carboxylic acids is 1. The molecule has 0 aliphatic heterocycles. The number of ether oxygens (including phenoxy) is 1. The van der Waals surface area contributed by atoms with Gasteiger partial charge in [0.05, 0.1) is 18.0 Å². The van der Waals surface area contributed by atoms with E-state index < -0.39 is 11.4 Å². The number of benzene rings is 1. The highest BCUT2D eigenvalue weighted by atomic mass is 79.9. The predicted octanol–water partition coefficient (Wildman–Crippen LogP) is 3.10. The van der Waals surface area contributed by atoms with E-state index in [9.17, 15) is 9.18 Å². The monoisotopic (exact) mass is 302 g/mol. The molecule has 0 radical (unpaired) electrons. The standard InChI is InChI=1S/C12H12BrFO3/c1-17-11-8(4-7(14)5-9(11)13)12(2-3-12)6-10(15)16/h4-5H,2-3,6H2,1H3,(H,15,16). The van der Waals surface area contributed by atoms with Gasteiger partial charge >= 0.3 is 5.97 Å². The van der Waals surface area contributed by atoms with Crippen LogP contribution < -0.4 is 4.74 Å². The number of aliphatic carboxylic acids is 1. The van der Waals surface area contributed by atoms with Crippen LogP contribution in [0.5, 0.6) is 5.75 Å². The summed E-state index contributed by atoms with van der Waals surface area (Å²) in [5.74, 6) is -0.723. The van der Waals surface area contributed by atoms with Crippen molar-refractivity contribution in [3.05, 3.63) is 28.0 Å². The lowest BCUT2D eigenvalue weighted by atomic mass is 9.91. The Morgan fingerprint density at radius 2 is 2.24 bits per heavy atom. The van der Waals surface area contributed by atoms with Gasteiger partial charge in [0.2, 0.25) is 0 Å². The lowest BCUT2D eigenvalue weighted by Crippen LogP contribution is -2.14. The minimum Gasteiger partial charge on any atom is -0.495 e. The number of rotatable bonds is 4. The second-order valence-electron chi connectivity index (χ2n) is 4.32. The zero-order valence-electron chi connectivity index (χ0n) is 9.30. The Balaban J connectivity index is 2.47. The molecule has 3 nitrogen and oxygen atoms in total. The SMILES string of the molecule is COc1c(Br)cc(F)cc1C1(CC(=O)O)CC1. The maximum absolute atomic E-state index is 13.4. The van der Waals surface area contributed by atoms with E-state index in [2.05, 4.69) is 15.9 Å². The third kappa shape index (κ3) is 2.29. The van der Waals surface area contributed by atoms with E-state index >= 15 is 0 Å². The zero-order valence-corrected chi connectivity index (χ0v) is 10.9. The second kappa shape index (κ2) is 4.29. The number of carbonyl (C=O) groups is 1. The molecular formula is C12H12BrFO3. The zero-order chi connectivity index (χ0) is 12.6. The highest BCUT2D eigenvalue weighted by Gasteiger charge is 2.48. The van der Waals surface area contributed by atoms with Crippen LogP contribution in [0.3, 0.4) is 0 Å². The van der Waals surface area contributed by atoms with E-state index in [-0.39, 0.29) is 12.2 Å². The number of methoxy groups -OCH3 is 1. The maximum atomic E-state index is 13.4. The number of carboxylic acid groups (broad SMARTS) is 1. The summed E-state index contributed by atoms with van der Waals surface area (Å²) < 4.78 is 19.2. The summed E-state index contributed by atoms with van der Waals surface area (Å²) in [6, 6.07) is 2.69. The van der Waals surface area contributed by atoms with E-state index in [4.69, 9.17) is 9.84 Å². The predicted molar refractivity (Wildman–Crippen MR) is 63.8 cm³/mol. The first-order valence-electron chi connectivity index (χ1n) is 5.24. The normalized spacial score (nSPS) is 16.6. The van der Waals surface area contributed by atoms with Gasteiger partial charge < -0.3 is 9.84 Å². The molecular weight excluding hydrogens is 291 g/mol. The van der Waals surface area contributed by atoms with Crippen LogP contribution in [-0.4, -0.2) is 18.2 Å². The fraction of sp³-hybridized carbons (Fsp3) is 0.417. The summed E-state index contributed by atoms with van der Waals surface area (Å²) in [5, 5.41) is 8.91. The van der Waals surface area contributed by atoms with Crippen molar-refractivity contribution in [2.75, 3.05) is 7.11 Å². The van der Waals surface area contributed by atoms with Crippen LogP contribution in [-0.2, 0) is 10.2 Å². The maximum Gasteiger partial charge on any atom is 0.304 e. The van der Waals surface area contributed by atoms with Crippen molar-refractivity contribution in [2.45, 2.75) is 24.7 Å². The smallest absolute Gasteiger partial charge is 0.304 e. The van der Waals surface area contributed by atoms with Crippen molar-refractivity contribution in [2.24, 2.45) is 0 Å². The molecule has 0 amide bonds. The Kier molecular flexibility index (Phi) is 3.12. The second-order valence-corrected chi connectivity index (χ2v) is 5.17. The van der Waals surface area contributed by atoms with Gasteiger partial charge in [-0.05, 0) is 40.9 Å². The third-order valence-electron chi connectivity index (χ3n) is 3.13. The Morgan fingerprint density at radius 1 is 1.59 bits per heavy atom. The first-order chi connectivity index (χ1) is 7.98. The summed E-state index contributed by atoms with van der Waals surface area (Å²) in [6.07, 6.45) is 1.52. The summed E-state index contributed by atoms with van der Waals surface area (Å²) in [4.78, 5) is 10.9. The van der Waals surface area contributed by atoms with E-state index in [1.54, 1.807) is 0 Å². The molecule has 92 valence electrons. The summed E-state index contributed by atoms with van der Waals surface area (Å²) in [7, 11) is 1.50. The fourth-order valence-electron chi connectivity index (χ4n) is 2.14. The van der Waals surface area contributed by atoms with Crippen molar-refractivity contribution < 1.29 is 19.0 Å². The molecule has 0 saturated heterocycles. The van der Waals surface area contributed by atoms with E-state index in [0.29, 0.717) is 15.8 Å². The van der Waals surface area contributed by atoms with Crippen molar-refractivity contribution >= 4 is 21.9 Å². The molecule has 0 spiro atoms. The van der Waals surface area contributed by atoms with Crippen LogP contribution in [0.1, 0.15) is 24.8 Å². The Bertz CT molecular complexity index is 469. The average molecular weight is 303 g/mol. The fourth-order valence-corrected chi connectivity index (χ4v) is 2.74. The molecule has 1 aromatic rings. The lowest BCUT2D eigenvalue weighted by molar-refractivity contribution is -0.137. The Labute approximate surface area is 107 Å². The topological polar surface area (TPSA) is 46.5 Å². The Morgan fingerprint density at radius 3 is 2.71 bits per heavy atom. The van der Waals surface area contributed by atoms with Crippen LogP contribution in [0.25, 0.3) is 0 Å². The minimum atomic E-state index is -0.870. The van der Waals surface area contributed by atoms with Gasteiger partial charge in [-0.15, -0.1) is 0 Å². The van der Waals surface area contributed by atoms with Gasteiger partial charge in [-0.25, -0.2) is 4.39 Å². The average Bonchev–Trinajstić information content (AvgIpc) is 2.96. The minimum absolute atomic E-state index is 0.0131. The number of hydrogen-bond acceptors (Lipinski definition) is 2. The van der Waals surface area contributed by atoms with Crippen LogP contribution >= 0.6 is 15.9 Å². The van der Waals surface area contributed by atoms with Crippen LogP contribution in [0.15, 0.2) is 16.6 Å². The molecule has 0 atom stereocenters. The van der Waals surface area contributed by atoms with Gasteiger partial charge in [0.25, 0.3) is 0 Å². The molecule has 0 bridgehead atoms. The summed E-state index contributed by atoms with van der Waals surface area (Å²) in [6.45, 7) is 0. The summed E-state index contributed by atoms with van der Waals surface area (Å²) >= 11 is 3.23. The molecule has 5 heteroatoms. The van der Waals surface area contributed by atoms with Crippen molar-refractivity contribution in [1.29, 1.82) is 0 Å². The van der Waals surface area contributed by atoms with E-state index in [1.165, 1.54) is 19.2 Å². The highest BCUT2D eigenvalue weighted by molar-refractivity contribution is 9.10. The first kappa shape index (κ1) is 12.4. The number of halogens is 2. The van der Waals surface area contributed by atoms with Gasteiger partial charge in [0.15, 0.2) is 0 Å². The van der Waals surface area contributed by atoms with Gasteiger partial charge in [0, 0.05) is 11.0 Å². The molecule has 1 fully saturated rings. The number of hydrogen-bond donors (Lipinski definition) is 1. The van der Waals surface area contributed by atoms with Crippen molar-refractivity contribution in [3.63, 3.8) is 0 Å². The first-order valence-corrected chi connectivity index (χ1v) is 6.03. The van der Waals surface area contributed by atoms with E-state index in [0.717, 1.165) is 12.8 Å². The molecule has 1 aliphatic carbocycles. The van der Waals surface area contributed by atoms with Crippen LogP contribution in [0, 0.1) is 5.82 Å². The summed E-state index contributed by atoms with van der Waals surface area (Å²) in [5.41, 5.74) is 0.191.